The zero-order valence-corrected chi connectivity index (χ0v) is 13.5. The van der Waals surface area contributed by atoms with Gasteiger partial charge in [0.15, 0.2) is 5.17 Å². The minimum atomic E-state index is -0.617. The van der Waals surface area contributed by atoms with Gasteiger partial charge in [-0.25, -0.2) is 4.79 Å². The van der Waals surface area contributed by atoms with Crippen LogP contribution in [0.4, 0.5) is 0 Å². The van der Waals surface area contributed by atoms with Crippen molar-refractivity contribution in [2.45, 2.75) is 0 Å². The lowest BCUT2D eigenvalue weighted by atomic mass is 10.2. The summed E-state index contributed by atoms with van der Waals surface area (Å²) >= 11 is 12.8. The minimum Gasteiger partial charge on any atom is -0.466 e. The number of carbonyl (C=O) groups excluding carboxylic acids is 2. The minimum absolute atomic E-state index is 0.182. The number of carbonyl (C=O) groups is 2. The molecule has 0 spiro atoms. The first kappa shape index (κ1) is 16.5. The second kappa shape index (κ2) is 7.44. The Balaban J connectivity index is 2.10. The monoisotopic (exact) mass is 357 g/mol. The van der Waals surface area contributed by atoms with Gasteiger partial charge in [-0.15, -0.1) is 5.10 Å². The third-order valence-electron chi connectivity index (χ3n) is 2.40. The Morgan fingerprint density at radius 1 is 1.41 bits per heavy atom. The second-order valence-corrected chi connectivity index (χ2v) is 5.78. The van der Waals surface area contributed by atoms with Crippen LogP contribution in [0.15, 0.2) is 39.4 Å². The highest BCUT2D eigenvalue weighted by Gasteiger charge is 2.24. The predicted octanol–water partition coefficient (Wildman–Crippen LogP) is 2.60. The maximum atomic E-state index is 11.6. The molecule has 1 aromatic rings. The molecule has 0 saturated carbocycles. The van der Waals surface area contributed by atoms with E-state index in [1.807, 2.05) is 0 Å². The molecule has 6 nitrogen and oxygen atoms in total. The van der Waals surface area contributed by atoms with E-state index in [1.54, 1.807) is 18.2 Å². The molecular weight excluding hydrogens is 349 g/mol. The first-order valence-corrected chi connectivity index (χ1v) is 7.42. The smallest absolute Gasteiger partial charge is 0.331 e. The highest BCUT2D eigenvalue weighted by atomic mass is 35.5. The Labute approximate surface area is 140 Å². The van der Waals surface area contributed by atoms with Gasteiger partial charge in [0, 0.05) is 21.7 Å². The molecule has 114 valence electrons. The Hall–Kier alpha value is -1.83. The molecular formula is C13H9Cl2N3O3S. The van der Waals surface area contributed by atoms with Crippen molar-refractivity contribution < 1.29 is 14.3 Å². The van der Waals surface area contributed by atoms with E-state index in [0.717, 1.165) is 17.8 Å². The number of benzene rings is 1. The standard InChI is InChI=1S/C13H9Cl2N3O3S/c1-21-11(19)5-10-12(20)17-13(22-10)18-16-6-7-4-8(14)2-3-9(7)15/h2-6H,1H3,(H,17,18,20)/b10-5+,16-6?. The molecule has 1 N–H and O–H groups in total. The molecule has 1 amide bonds. The van der Waals surface area contributed by atoms with Gasteiger partial charge in [0.25, 0.3) is 5.91 Å². The number of hydrogen-bond acceptors (Lipinski definition) is 6. The molecule has 1 heterocycles. The fourth-order valence-electron chi connectivity index (χ4n) is 1.40. The average molecular weight is 358 g/mol. The lowest BCUT2D eigenvalue weighted by molar-refractivity contribution is -0.135. The van der Waals surface area contributed by atoms with Gasteiger partial charge in [-0.2, -0.15) is 5.10 Å². The topological polar surface area (TPSA) is 80.1 Å². The average Bonchev–Trinajstić information content (AvgIpc) is 2.82. The van der Waals surface area contributed by atoms with Crippen LogP contribution in [0.1, 0.15) is 5.56 Å². The van der Waals surface area contributed by atoms with Crippen LogP contribution in [-0.2, 0) is 14.3 Å². The van der Waals surface area contributed by atoms with E-state index < -0.39 is 11.9 Å². The summed E-state index contributed by atoms with van der Waals surface area (Å²) in [6.07, 6.45) is 2.50. The molecule has 1 aliphatic rings. The van der Waals surface area contributed by atoms with Gasteiger partial charge in [0.1, 0.15) is 0 Å². The summed E-state index contributed by atoms with van der Waals surface area (Å²) in [5.41, 5.74) is 0.596. The molecule has 22 heavy (non-hydrogen) atoms. The zero-order valence-electron chi connectivity index (χ0n) is 11.2. The van der Waals surface area contributed by atoms with Crippen LogP contribution >= 0.6 is 35.0 Å². The Morgan fingerprint density at radius 3 is 2.91 bits per heavy atom. The number of esters is 1. The van der Waals surface area contributed by atoms with Crippen molar-refractivity contribution in [1.29, 1.82) is 0 Å². The number of ether oxygens (including phenoxy) is 1. The molecule has 0 atom stereocenters. The van der Waals surface area contributed by atoms with Gasteiger partial charge in [-0.1, -0.05) is 23.2 Å². The Kier molecular flexibility index (Phi) is 5.59. The molecule has 1 saturated heterocycles. The number of thioether (sulfide) groups is 1. The van der Waals surface area contributed by atoms with Crippen LogP contribution in [0.25, 0.3) is 0 Å². The van der Waals surface area contributed by atoms with Crippen LogP contribution in [0.2, 0.25) is 10.0 Å². The fraction of sp³-hybridized carbons (Fsp3) is 0.0769. The van der Waals surface area contributed by atoms with E-state index >= 15 is 0 Å². The maximum absolute atomic E-state index is 11.6. The molecule has 0 aliphatic carbocycles. The predicted molar refractivity (Wildman–Crippen MR) is 87.3 cm³/mol. The van der Waals surface area contributed by atoms with Gasteiger partial charge in [-0.05, 0) is 30.0 Å². The van der Waals surface area contributed by atoms with E-state index in [-0.39, 0.29) is 10.1 Å². The van der Waals surface area contributed by atoms with E-state index in [9.17, 15) is 9.59 Å². The van der Waals surface area contributed by atoms with E-state index in [1.165, 1.54) is 13.3 Å². The zero-order chi connectivity index (χ0) is 16.1. The Bertz CT molecular complexity index is 716. The van der Waals surface area contributed by atoms with Gasteiger partial charge >= 0.3 is 5.97 Å². The first-order valence-electron chi connectivity index (χ1n) is 5.84. The summed E-state index contributed by atoms with van der Waals surface area (Å²) in [6, 6.07) is 4.93. The summed E-state index contributed by atoms with van der Waals surface area (Å²) in [7, 11) is 1.23. The lowest BCUT2D eigenvalue weighted by Gasteiger charge is -1.96. The summed E-state index contributed by atoms with van der Waals surface area (Å²) in [5.74, 6) is -1.06. The van der Waals surface area contributed by atoms with Crippen molar-refractivity contribution >= 4 is 58.2 Å². The van der Waals surface area contributed by atoms with E-state index in [2.05, 4.69) is 20.3 Å². The molecule has 1 aliphatic heterocycles. The number of amides is 1. The summed E-state index contributed by atoms with van der Waals surface area (Å²) in [6.45, 7) is 0. The van der Waals surface area contributed by atoms with Crippen molar-refractivity contribution in [3.8, 4) is 0 Å². The summed E-state index contributed by atoms with van der Waals surface area (Å²) in [4.78, 5) is 22.9. The van der Waals surface area contributed by atoms with Crippen molar-refractivity contribution in [3.05, 3.63) is 44.8 Å². The van der Waals surface area contributed by atoms with Gasteiger partial charge < -0.3 is 4.74 Å². The number of amidine groups is 1. The van der Waals surface area contributed by atoms with Crippen LogP contribution in [0, 0.1) is 0 Å². The van der Waals surface area contributed by atoms with E-state index in [0.29, 0.717) is 15.6 Å². The van der Waals surface area contributed by atoms with Gasteiger partial charge in [0.05, 0.1) is 18.2 Å². The van der Waals surface area contributed by atoms with Crippen LogP contribution in [0.5, 0.6) is 0 Å². The lowest BCUT2D eigenvalue weighted by Crippen LogP contribution is -2.19. The quantitative estimate of drug-likeness (QED) is 0.390. The summed E-state index contributed by atoms with van der Waals surface area (Å²) < 4.78 is 4.45. The van der Waals surface area contributed by atoms with Crippen molar-refractivity contribution in [3.63, 3.8) is 0 Å². The number of nitrogens with one attached hydrogen (secondary N) is 1. The molecule has 0 unspecified atom stereocenters. The molecule has 1 fully saturated rings. The molecule has 2 rings (SSSR count). The number of nitrogens with zero attached hydrogens (tertiary/aromatic N) is 2. The van der Waals surface area contributed by atoms with Crippen molar-refractivity contribution in [1.82, 2.24) is 5.32 Å². The van der Waals surface area contributed by atoms with Crippen molar-refractivity contribution in [2.75, 3.05) is 7.11 Å². The van der Waals surface area contributed by atoms with Gasteiger partial charge in [0.2, 0.25) is 0 Å². The number of rotatable bonds is 3. The van der Waals surface area contributed by atoms with Crippen LogP contribution in [0.3, 0.4) is 0 Å². The molecule has 0 radical (unpaired) electrons. The van der Waals surface area contributed by atoms with Gasteiger partial charge in [-0.3, -0.25) is 10.1 Å². The summed E-state index contributed by atoms with van der Waals surface area (Å²) in [5, 5.41) is 11.4. The largest absolute Gasteiger partial charge is 0.466 e. The maximum Gasteiger partial charge on any atom is 0.331 e. The molecule has 0 bridgehead atoms. The number of hydrogen-bond donors (Lipinski definition) is 1. The third kappa shape index (κ3) is 4.33. The second-order valence-electron chi connectivity index (χ2n) is 3.90. The van der Waals surface area contributed by atoms with Crippen LogP contribution in [-0.4, -0.2) is 30.4 Å². The SMILES string of the molecule is COC(=O)/C=C1/S/C(=N\N=Cc2cc(Cl)ccc2Cl)NC1=O. The third-order valence-corrected chi connectivity index (χ3v) is 3.88. The van der Waals surface area contributed by atoms with Crippen LogP contribution < -0.4 is 5.32 Å². The highest BCUT2D eigenvalue weighted by Crippen LogP contribution is 2.23. The number of halogens is 2. The van der Waals surface area contributed by atoms with Crippen molar-refractivity contribution in [2.24, 2.45) is 10.2 Å². The highest BCUT2D eigenvalue weighted by molar-refractivity contribution is 8.18. The number of methoxy groups -OCH3 is 1. The molecule has 1 aromatic carbocycles. The van der Waals surface area contributed by atoms with E-state index in [4.69, 9.17) is 23.2 Å². The molecule has 9 heteroatoms. The fourth-order valence-corrected chi connectivity index (χ4v) is 2.48. The molecule has 0 aromatic heterocycles. The first-order chi connectivity index (χ1) is 10.5. The Morgan fingerprint density at radius 2 is 2.18 bits per heavy atom. The normalized spacial score (nSPS) is 18.2.